The van der Waals surface area contributed by atoms with Gasteiger partial charge < -0.3 is 10.2 Å². The van der Waals surface area contributed by atoms with Crippen molar-refractivity contribution in [3.05, 3.63) is 92.9 Å². The van der Waals surface area contributed by atoms with Gasteiger partial charge in [-0.1, -0.05) is 71.4 Å². The zero-order valence-electron chi connectivity index (χ0n) is 22.8. The maximum atomic E-state index is 14.0. The summed E-state index contributed by atoms with van der Waals surface area (Å²) < 4.78 is 28.8. The van der Waals surface area contributed by atoms with Gasteiger partial charge in [0.2, 0.25) is 11.8 Å². The quantitative estimate of drug-likeness (QED) is 0.271. The Hall–Kier alpha value is -2.78. The molecule has 3 aromatic rings. The number of halogens is 3. The molecule has 1 saturated carbocycles. The molecule has 0 bridgehead atoms. The van der Waals surface area contributed by atoms with Crippen LogP contribution < -0.4 is 9.62 Å². The van der Waals surface area contributed by atoms with Crippen molar-refractivity contribution in [2.45, 2.75) is 63.1 Å². The molecule has 1 unspecified atom stereocenters. The lowest BCUT2D eigenvalue weighted by atomic mass is 10.1. The second-order valence-corrected chi connectivity index (χ2v) is 13.4. The minimum Gasteiger partial charge on any atom is -0.352 e. The third kappa shape index (κ3) is 7.74. The van der Waals surface area contributed by atoms with Crippen LogP contribution in [0.4, 0.5) is 5.69 Å². The number of hydrogen-bond acceptors (Lipinski definition) is 4. The molecule has 41 heavy (non-hydrogen) atoms. The number of nitrogens with zero attached hydrogens (tertiary/aromatic N) is 2. The molecule has 0 aliphatic heterocycles. The van der Waals surface area contributed by atoms with Gasteiger partial charge in [0.1, 0.15) is 12.6 Å². The van der Waals surface area contributed by atoms with E-state index in [1.165, 1.54) is 29.2 Å². The van der Waals surface area contributed by atoms with E-state index >= 15 is 0 Å². The second-order valence-electron chi connectivity index (χ2n) is 10.2. The Balaban J connectivity index is 1.70. The second kappa shape index (κ2) is 13.5. The number of aryl methyl sites for hydroxylation is 1. The first kappa shape index (κ1) is 31.2. The van der Waals surface area contributed by atoms with Crippen LogP contribution in [-0.4, -0.2) is 43.8 Å². The lowest BCUT2D eigenvalue weighted by Crippen LogP contribution is -2.52. The van der Waals surface area contributed by atoms with Crippen molar-refractivity contribution in [2.75, 3.05) is 10.8 Å². The summed E-state index contributed by atoms with van der Waals surface area (Å²) in [6.07, 6.45) is 3.84. The molecule has 0 heterocycles. The molecule has 1 aliphatic rings. The van der Waals surface area contributed by atoms with E-state index in [4.69, 9.17) is 34.8 Å². The average molecular weight is 637 g/mol. The number of carbonyl (C=O) groups is 2. The molecular weight excluding hydrogens is 605 g/mol. The lowest BCUT2D eigenvalue weighted by molar-refractivity contribution is -0.139. The first-order chi connectivity index (χ1) is 19.5. The van der Waals surface area contributed by atoms with Crippen molar-refractivity contribution in [1.29, 1.82) is 0 Å². The monoisotopic (exact) mass is 635 g/mol. The summed E-state index contributed by atoms with van der Waals surface area (Å²) in [6.45, 7) is 2.92. The average Bonchev–Trinajstić information content (AvgIpc) is 3.44. The van der Waals surface area contributed by atoms with Crippen LogP contribution in [0.15, 0.2) is 71.6 Å². The molecule has 0 radical (unpaired) electrons. The van der Waals surface area contributed by atoms with Gasteiger partial charge in [0.25, 0.3) is 10.0 Å². The van der Waals surface area contributed by atoms with Crippen molar-refractivity contribution in [1.82, 2.24) is 10.2 Å². The molecule has 1 N–H and O–H groups in total. The summed E-state index contributed by atoms with van der Waals surface area (Å²) >= 11 is 18.6. The number of hydrogen-bond donors (Lipinski definition) is 1. The first-order valence-electron chi connectivity index (χ1n) is 13.3. The number of rotatable bonds is 10. The van der Waals surface area contributed by atoms with Crippen molar-refractivity contribution < 1.29 is 18.0 Å². The minimum atomic E-state index is -4.16. The largest absolute Gasteiger partial charge is 0.352 e. The number of amides is 2. The van der Waals surface area contributed by atoms with Crippen LogP contribution in [-0.2, 0) is 26.2 Å². The maximum absolute atomic E-state index is 14.0. The number of benzene rings is 3. The summed E-state index contributed by atoms with van der Waals surface area (Å²) in [5, 5.41) is 4.23. The highest BCUT2D eigenvalue weighted by molar-refractivity contribution is 7.92. The summed E-state index contributed by atoms with van der Waals surface area (Å²) in [4.78, 5) is 28.7. The Kier molecular flexibility index (Phi) is 10.2. The normalized spacial score (nSPS) is 14.5. The van der Waals surface area contributed by atoms with E-state index in [0.29, 0.717) is 20.6 Å². The van der Waals surface area contributed by atoms with Gasteiger partial charge in [-0.25, -0.2) is 8.42 Å². The van der Waals surface area contributed by atoms with Crippen molar-refractivity contribution in [3.8, 4) is 0 Å². The topological polar surface area (TPSA) is 86.8 Å². The molecule has 7 nitrogen and oxygen atoms in total. The highest BCUT2D eigenvalue weighted by Crippen LogP contribution is 2.28. The van der Waals surface area contributed by atoms with Gasteiger partial charge in [-0.05, 0) is 80.8 Å². The van der Waals surface area contributed by atoms with Gasteiger partial charge in [-0.15, -0.1) is 0 Å². The van der Waals surface area contributed by atoms with E-state index in [1.54, 1.807) is 49.4 Å². The molecule has 1 atom stereocenters. The van der Waals surface area contributed by atoms with E-state index in [1.807, 2.05) is 6.92 Å². The van der Waals surface area contributed by atoms with Crippen molar-refractivity contribution in [3.63, 3.8) is 0 Å². The van der Waals surface area contributed by atoms with Crippen LogP contribution in [0.3, 0.4) is 0 Å². The fraction of sp³-hybridized carbons (Fsp3) is 0.333. The van der Waals surface area contributed by atoms with Gasteiger partial charge >= 0.3 is 0 Å². The molecule has 11 heteroatoms. The van der Waals surface area contributed by atoms with Crippen molar-refractivity contribution in [2.24, 2.45) is 0 Å². The van der Waals surface area contributed by atoms with Gasteiger partial charge in [-0.3, -0.25) is 13.9 Å². The molecule has 218 valence electrons. The lowest BCUT2D eigenvalue weighted by Gasteiger charge is -2.32. The standard InChI is InChI=1S/C30H32Cl3N3O4S/c1-20-7-15-27(16-8-20)41(39,40)36(26-13-11-23(31)12-14-26)19-29(37)35(18-22-9-10-24(32)17-28(22)33)21(2)30(38)34-25-5-3-4-6-25/h7-17,21,25H,3-6,18-19H2,1-2H3,(H,34,38). The number of carbonyl (C=O) groups excluding carboxylic acids is 2. The van der Waals surface area contributed by atoms with E-state index in [-0.39, 0.29) is 29.1 Å². The van der Waals surface area contributed by atoms with Gasteiger partial charge in [-0.2, -0.15) is 0 Å². The summed E-state index contributed by atoms with van der Waals surface area (Å²) in [5.74, 6) is -0.884. The predicted octanol–water partition coefficient (Wildman–Crippen LogP) is 6.63. The smallest absolute Gasteiger partial charge is 0.264 e. The van der Waals surface area contributed by atoms with E-state index in [2.05, 4.69) is 5.32 Å². The maximum Gasteiger partial charge on any atom is 0.264 e. The molecule has 0 aromatic heterocycles. The van der Waals surface area contributed by atoms with Crippen LogP contribution in [0.5, 0.6) is 0 Å². The zero-order chi connectivity index (χ0) is 29.7. The molecule has 2 amide bonds. The van der Waals surface area contributed by atoms with E-state index in [9.17, 15) is 18.0 Å². The molecular formula is C30H32Cl3N3O4S. The molecule has 1 aliphatic carbocycles. The van der Waals surface area contributed by atoms with E-state index in [0.717, 1.165) is 35.6 Å². The molecule has 0 spiro atoms. The van der Waals surface area contributed by atoms with Crippen LogP contribution in [0.25, 0.3) is 0 Å². The van der Waals surface area contributed by atoms with Gasteiger partial charge in [0, 0.05) is 27.7 Å². The highest BCUT2D eigenvalue weighted by Gasteiger charge is 2.33. The third-order valence-corrected chi connectivity index (χ3v) is 9.85. The van der Waals surface area contributed by atoms with Crippen molar-refractivity contribution >= 4 is 62.3 Å². The van der Waals surface area contributed by atoms with Crippen LogP contribution in [0.2, 0.25) is 15.1 Å². The van der Waals surface area contributed by atoms with E-state index < -0.39 is 28.5 Å². The number of sulfonamides is 1. The Labute approximate surface area is 256 Å². The number of anilines is 1. The predicted molar refractivity (Wildman–Crippen MR) is 164 cm³/mol. The Morgan fingerprint density at radius 2 is 1.54 bits per heavy atom. The summed E-state index contributed by atoms with van der Waals surface area (Å²) in [6, 6.07) is 16.6. The molecule has 1 fully saturated rings. The summed E-state index contributed by atoms with van der Waals surface area (Å²) in [7, 11) is -4.16. The fourth-order valence-electron chi connectivity index (χ4n) is 4.78. The van der Waals surface area contributed by atoms with Gasteiger partial charge in [0.05, 0.1) is 10.6 Å². The summed E-state index contributed by atoms with van der Waals surface area (Å²) in [5.41, 5.74) is 1.73. The van der Waals surface area contributed by atoms with Crippen LogP contribution in [0.1, 0.15) is 43.7 Å². The molecule has 0 saturated heterocycles. The first-order valence-corrected chi connectivity index (χ1v) is 15.9. The zero-order valence-corrected chi connectivity index (χ0v) is 25.9. The van der Waals surface area contributed by atoms with Crippen LogP contribution in [0, 0.1) is 6.92 Å². The molecule has 3 aromatic carbocycles. The third-order valence-electron chi connectivity index (χ3n) is 7.23. The minimum absolute atomic E-state index is 0.0207. The van der Waals surface area contributed by atoms with Gasteiger partial charge in [0.15, 0.2) is 0 Å². The molecule has 4 rings (SSSR count). The fourth-order valence-corrected chi connectivity index (χ4v) is 6.79. The SMILES string of the molecule is Cc1ccc(S(=O)(=O)N(CC(=O)N(Cc2ccc(Cl)cc2Cl)C(C)C(=O)NC2CCCC2)c2ccc(Cl)cc2)cc1. The highest BCUT2D eigenvalue weighted by atomic mass is 35.5. The van der Waals surface area contributed by atoms with Crippen LogP contribution >= 0.6 is 34.8 Å². The Morgan fingerprint density at radius 3 is 2.15 bits per heavy atom. The Morgan fingerprint density at radius 1 is 0.927 bits per heavy atom. The number of nitrogens with one attached hydrogen (secondary N) is 1. The Bertz CT molecular complexity index is 1490.